The summed E-state index contributed by atoms with van der Waals surface area (Å²) in [6, 6.07) is -0.905. The van der Waals surface area contributed by atoms with Crippen molar-refractivity contribution < 1.29 is 29.0 Å². The first kappa shape index (κ1) is 20.2. The van der Waals surface area contributed by atoms with Gasteiger partial charge < -0.3 is 19.9 Å². The Labute approximate surface area is 153 Å². The number of hydrogen-bond acceptors (Lipinski definition) is 6. The molecule has 0 unspecified atom stereocenters. The molecule has 0 spiro atoms. The van der Waals surface area contributed by atoms with Crippen LogP contribution < -0.4 is 5.32 Å². The molecule has 0 aromatic heterocycles. The number of aliphatic hydroxyl groups is 1. The van der Waals surface area contributed by atoms with Gasteiger partial charge in [0.15, 0.2) is 0 Å². The Morgan fingerprint density at radius 3 is 2.54 bits per heavy atom. The summed E-state index contributed by atoms with van der Waals surface area (Å²) in [6.07, 6.45) is 0.597. The molecule has 8 nitrogen and oxygen atoms in total. The minimum absolute atomic E-state index is 0.00426. The molecule has 2 aliphatic rings. The summed E-state index contributed by atoms with van der Waals surface area (Å²) in [6.45, 7) is 10.7. The molecule has 4 atom stereocenters. The first-order valence-corrected chi connectivity index (χ1v) is 8.83. The topological polar surface area (TPSA) is 105 Å². The molecule has 146 valence electrons. The summed E-state index contributed by atoms with van der Waals surface area (Å²) >= 11 is 0. The predicted molar refractivity (Wildman–Crippen MR) is 93.2 cm³/mol. The second-order valence-corrected chi connectivity index (χ2v) is 7.77. The number of nitrogens with one attached hydrogen (secondary N) is 1. The molecule has 1 saturated heterocycles. The van der Waals surface area contributed by atoms with Gasteiger partial charge in [0.25, 0.3) is 0 Å². The number of amides is 2. The van der Waals surface area contributed by atoms with Crippen molar-refractivity contribution in [3.05, 3.63) is 12.7 Å². The Kier molecular flexibility index (Phi) is 5.65. The van der Waals surface area contributed by atoms with E-state index in [1.165, 1.54) is 4.90 Å². The smallest absolute Gasteiger partial charge is 0.411 e. The summed E-state index contributed by atoms with van der Waals surface area (Å²) in [5, 5.41) is 12.7. The predicted octanol–water partition coefficient (Wildman–Crippen LogP) is 0.981. The third-order valence-corrected chi connectivity index (χ3v) is 4.49. The maximum atomic E-state index is 12.8. The minimum Gasteiger partial charge on any atom is -0.464 e. The zero-order valence-electron chi connectivity index (χ0n) is 15.8. The highest BCUT2D eigenvalue weighted by molar-refractivity contribution is 5.95. The number of ether oxygens (including phenoxy) is 2. The Balaban J connectivity index is 2.12. The van der Waals surface area contributed by atoms with Gasteiger partial charge in [0, 0.05) is 12.3 Å². The van der Waals surface area contributed by atoms with Gasteiger partial charge in [-0.1, -0.05) is 6.08 Å². The van der Waals surface area contributed by atoms with Crippen LogP contribution in [0.15, 0.2) is 12.7 Å². The number of carbonyl (C=O) groups excluding carboxylic acids is 3. The van der Waals surface area contributed by atoms with Crippen molar-refractivity contribution in [3.63, 3.8) is 0 Å². The van der Waals surface area contributed by atoms with E-state index in [-0.39, 0.29) is 25.5 Å². The van der Waals surface area contributed by atoms with Crippen LogP contribution in [0, 0.1) is 5.92 Å². The van der Waals surface area contributed by atoms with Crippen LogP contribution in [0.4, 0.5) is 4.79 Å². The third kappa shape index (κ3) is 4.17. The van der Waals surface area contributed by atoms with Gasteiger partial charge in [-0.15, -0.1) is 6.58 Å². The molecule has 2 fully saturated rings. The first-order chi connectivity index (χ1) is 12.0. The molecule has 8 heteroatoms. The fraction of sp³-hybridized carbons (Fsp3) is 0.722. The molecule has 0 radical (unpaired) electrons. The SMILES string of the molecule is C=C[C@H]1C[C@]1(NC(=O)[C@@H]1C[C@H](O)CN1C(=O)OC(C)(C)C)C(=O)OCC. The van der Waals surface area contributed by atoms with E-state index in [1.54, 1.807) is 33.8 Å². The molecule has 0 aromatic carbocycles. The van der Waals surface area contributed by atoms with Gasteiger partial charge in [-0.05, 0) is 34.1 Å². The van der Waals surface area contributed by atoms with E-state index in [1.807, 2.05) is 0 Å². The van der Waals surface area contributed by atoms with Crippen molar-refractivity contribution in [2.75, 3.05) is 13.2 Å². The molecule has 1 aliphatic carbocycles. The standard InChI is InChI=1S/C18H28N2O6/c1-6-11-9-18(11,15(23)25-7-2)19-14(22)13-8-12(21)10-20(13)16(24)26-17(3,4)5/h6,11-13,21H,1,7-10H2,2-5H3,(H,19,22)/t11-,12-,13-,18+/m0/s1. The normalized spacial score (nSPS) is 30.5. The van der Waals surface area contributed by atoms with E-state index in [0.29, 0.717) is 6.42 Å². The Hall–Kier alpha value is -2.09. The Morgan fingerprint density at radius 2 is 2.04 bits per heavy atom. The number of rotatable bonds is 5. The highest BCUT2D eigenvalue weighted by Crippen LogP contribution is 2.45. The first-order valence-electron chi connectivity index (χ1n) is 8.83. The monoisotopic (exact) mass is 368 g/mol. The maximum absolute atomic E-state index is 12.8. The van der Waals surface area contributed by atoms with E-state index in [4.69, 9.17) is 9.47 Å². The summed E-state index contributed by atoms with van der Waals surface area (Å²) in [5.41, 5.74) is -1.86. The van der Waals surface area contributed by atoms with Gasteiger partial charge in [-0.3, -0.25) is 9.69 Å². The fourth-order valence-electron chi connectivity index (χ4n) is 3.15. The van der Waals surface area contributed by atoms with E-state index >= 15 is 0 Å². The summed E-state index contributed by atoms with van der Waals surface area (Å²) < 4.78 is 10.4. The summed E-state index contributed by atoms with van der Waals surface area (Å²) in [4.78, 5) is 38.6. The van der Waals surface area contributed by atoms with Crippen LogP contribution in [0.1, 0.15) is 40.5 Å². The van der Waals surface area contributed by atoms with Crippen LogP contribution in [0.25, 0.3) is 0 Å². The molecule has 26 heavy (non-hydrogen) atoms. The van der Waals surface area contributed by atoms with Gasteiger partial charge in [0.1, 0.15) is 17.2 Å². The molecule has 1 aliphatic heterocycles. The molecule has 0 bridgehead atoms. The number of esters is 1. The van der Waals surface area contributed by atoms with E-state index in [0.717, 1.165) is 0 Å². The number of hydrogen-bond donors (Lipinski definition) is 2. The number of β-amino-alcohol motifs (C(OH)–C–C–N with tert-alkyl or cyclic N) is 1. The van der Waals surface area contributed by atoms with Crippen LogP contribution in [-0.2, 0) is 19.1 Å². The second kappa shape index (κ2) is 7.26. The summed E-state index contributed by atoms with van der Waals surface area (Å²) in [5.74, 6) is -1.24. The molecule has 2 N–H and O–H groups in total. The van der Waals surface area contributed by atoms with Crippen LogP contribution in [0.2, 0.25) is 0 Å². The van der Waals surface area contributed by atoms with Crippen LogP contribution in [-0.4, -0.2) is 64.4 Å². The van der Waals surface area contributed by atoms with E-state index in [9.17, 15) is 19.5 Å². The highest BCUT2D eigenvalue weighted by atomic mass is 16.6. The van der Waals surface area contributed by atoms with Crippen molar-refractivity contribution in [2.24, 2.45) is 5.92 Å². The highest BCUT2D eigenvalue weighted by Gasteiger charge is 2.62. The number of carbonyl (C=O) groups is 3. The van der Waals surface area contributed by atoms with Gasteiger partial charge in [-0.2, -0.15) is 0 Å². The van der Waals surface area contributed by atoms with Crippen molar-refractivity contribution in [1.29, 1.82) is 0 Å². The lowest BCUT2D eigenvalue weighted by Gasteiger charge is -2.29. The average molecular weight is 368 g/mol. The Morgan fingerprint density at radius 1 is 1.38 bits per heavy atom. The van der Waals surface area contributed by atoms with Gasteiger partial charge in [-0.25, -0.2) is 9.59 Å². The van der Waals surface area contributed by atoms with Crippen LogP contribution >= 0.6 is 0 Å². The lowest BCUT2D eigenvalue weighted by atomic mass is 10.1. The number of likely N-dealkylation sites (tertiary alicyclic amines) is 1. The second-order valence-electron chi connectivity index (χ2n) is 7.77. The van der Waals surface area contributed by atoms with E-state index in [2.05, 4.69) is 11.9 Å². The number of nitrogens with zero attached hydrogens (tertiary/aromatic N) is 1. The van der Waals surface area contributed by atoms with Gasteiger partial charge >= 0.3 is 12.1 Å². The molecule has 0 aromatic rings. The van der Waals surface area contributed by atoms with Crippen molar-refractivity contribution in [2.45, 2.75) is 63.8 Å². The molecule has 2 rings (SSSR count). The summed E-state index contributed by atoms with van der Waals surface area (Å²) in [7, 11) is 0. The lowest BCUT2D eigenvalue weighted by Crippen LogP contribution is -2.53. The Bertz CT molecular complexity index is 599. The molecular formula is C18H28N2O6. The van der Waals surface area contributed by atoms with E-state index < -0.39 is 41.3 Å². The fourth-order valence-corrected chi connectivity index (χ4v) is 3.15. The number of aliphatic hydroxyl groups excluding tert-OH is 1. The van der Waals surface area contributed by atoms with Crippen molar-refractivity contribution in [1.82, 2.24) is 10.2 Å². The van der Waals surface area contributed by atoms with Crippen LogP contribution in [0.3, 0.4) is 0 Å². The molecular weight excluding hydrogens is 340 g/mol. The zero-order chi connectivity index (χ0) is 19.7. The minimum atomic E-state index is -1.14. The molecule has 1 saturated carbocycles. The quantitative estimate of drug-likeness (QED) is 0.554. The average Bonchev–Trinajstić information content (AvgIpc) is 3.09. The largest absolute Gasteiger partial charge is 0.464 e. The zero-order valence-corrected chi connectivity index (χ0v) is 15.8. The van der Waals surface area contributed by atoms with Gasteiger partial charge in [0.05, 0.1) is 19.3 Å². The van der Waals surface area contributed by atoms with Crippen LogP contribution in [0.5, 0.6) is 0 Å². The van der Waals surface area contributed by atoms with Crippen molar-refractivity contribution >= 4 is 18.0 Å². The molecule has 1 heterocycles. The molecule has 2 amide bonds. The van der Waals surface area contributed by atoms with Gasteiger partial charge in [0.2, 0.25) is 5.91 Å². The maximum Gasteiger partial charge on any atom is 0.411 e. The lowest BCUT2D eigenvalue weighted by molar-refractivity contribution is -0.149. The van der Waals surface area contributed by atoms with Crippen molar-refractivity contribution in [3.8, 4) is 0 Å². The third-order valence-electron chi connectivity index (χ3n) is 4.49.